The quantitative estimate of drug-likeness (QED) is 0.295. The summed E-state index contributed by atoms with van der Waals surface area (Å²) in [5, 5.41) is 14.1. The minimum atomic E-state index is -4.80. The van der Waals surface area contributed by atoms with Crippen molar-refractivity contribution < 1.29 is 41.3 Å². The molecule has 44 heavy (non-hydrogen) atoms. The Morgan fingerprint density at radius 1 is 1.11 bits per heavy atom. The number of aliphatic hydroxyl groups is 1. The Bertz CT molecular complexity index is 1690. The first kappa shape index (κ1) is 31.1. The first-order chi connectivity index (χ1) is 20.9. The second kappa shape index (κ2) is 12.0. The fraction of sp³-hybridized carbons (Fsp3) is 0.367. The number of halogens is 5. The van der Waals surface area contributed by atoms with Gasteiger partial charge in [-0.1, -0.05) is 0 Å². The number of nitrogens with zero attached hydrogens (tertiary/aromatic N) is 5. The van der Waals surface area contributed by atoms with E-state index in [-0.39, 0.29) is 53.4 Å². The van der Waals surface area contributed by atoms with Gasteiger partial charge in [-0.3, -0.25) is 9.69 Å². The van der Waals surface area contributed by atoms with Crippen molar-refractivity contribution in [3.63, 3.8) is 0 Å². The van der Waals surface area contributed by atoms with Gasteiger partial charge in [-0.05, 0) is 44.2 Å². The van der Waals surface area contributed by atoms with Gasteiger partial charge in [0.2, 0.25) is 0 Å². The van der Waals surface area contributed by atoms with Crippen LogP contribution in [0.1, 0.15) is 40.1 Å². The summed E-state index contributed by atoms with van der Waals surface area (Å²) in [6.07, 6.45) is -3.72. The Labute approximate surface area is 249 Å². The molecule has 1 fully saturated rings. The number of hydrogen-bond acceptors (Lipinski definition) is 7. The van der Waals surface area contributed by atoms with E-state index in [9.17, 15) is 31.9 Å². The van der Waals surface area contributed by atoms with Crippen LogP contribution < -0.4 is 9.47 Å². The molecule has 9 nitrogen and oxygen atoms in total. The zero-order valence-electron chi connectivity index (χ0n) is 24.3. The number of ether oxygens (including phenoxy) is 2. The van der Waals surface area contributed by atoms with Gasteiger partial charge in [-0.25, -0.2) is 18.3 Å². The number of alkyl halides is 3. The number of rotatable bonds is 7. The van der Waals surface area contributed by atoms with E-state index in [1.165, 1.54) is 26.0 Å². The fourth-order valence-electron chi connectivity index (χ4n) is 5.77. The summed E-state index contributed by atoms with van der Waals surface area (Å²) in [5.74, 6) is -2.00. The molecule has 1 N–H and O–H groups in total. The van der Waals surface area contributed by atoms with Crippen LogP contribution in [0.3, 0.4) is 0 Å². The third kappa shape index (κ3) is 5.54. The number of aliphatic hydroxyl groups excluding tert-OH is 1. The highest BCUT2D eigenvalue weighted by atomic mass is 19.4. The van der Waals surface area contributed by atoms with Crippen molar-refractivity contribution in [2.75, 3.05) is 40.5 Å². The molecule has 2 atom stereocenters. The van der Waals surface area contributed by atoms with Crippen LogP contribution in [0, 0.1) is 18.6 Å². The number of fused-ring (bicyclic) bond motifs is 1. The van der Waals surface area contributed by atoms with E-state index in [1.54, 1.807) is 36.1 Å². The summed E-state index contributed by atoms with van der Waals surface area (Å²) >= 11 is 0. The Hall–Kier alpha value is -4.30. The van der Waals surface area contributed by atoms with Crippen molar-refractivity contribution in [1.29, 1.82) is 0 Å². The van der Waals surface area contributed by atoms with Crippen molar-refractivity contribution in [2.45, 2.75) is 32.1 Å². The lowest BCUT2D eigenvalue weighted by Gasteiger charge is -2.43. The van der Waals surface area contributed by atoms with Crippen LogP contribution in [-0.4, -0.2) is 81.9 Å². The van der Waals surface area contributed by atoms with Crippen LogP contribution >= 0.6 is 0 Å². The van der Waals surface area contributed by atoms with Crippen molar-refractivity contribution >= 4 is 11.6 Å². The third-order valence-corrected chi connectivity index (χ3v) is 7.88. The van der Waals surface area contributed by atoms with Crippen LogP contribution in [0.2, 0.25) is 0 Å². The molecule has 0 unspecified atom stereocenters. The molecule has 1 amide bonds. The summed E-state index contributed by atoms with van der Waals surface area (Å²) in [4.78, 5) is 21.6. The number of piperazine rings is 1. The molecule has 0 bridgehead atoms. The average molecular weight is 620 g/mol. The van der Waals surface area contributed by atoms with Crippen molar-refractivity contribution in [3.8, 4) is 22.8 Å². The predicted molar refractivity (Wildman–Crippen MR) is 150 cm³/mol. The number of aromatic nitrogens is 3. The summed E-state index contributed by atoms with van der Waals surface area (Å²) in [5.41, 5.74) is -1.00. The number of carbonyl (C=O) groups excluding carboxylic acids is 1. The third-order valence-electron chi connectivity index (χ3n) is 7.88. The molecule has 1 saturated heterocycles. The monoisotopic (exact) mass is 619 g/mol. The number of methoxy groups -OCH3 is 2. The number of hydrogen-bond donors (Lipinski definition) is 1. The first-order valence-electron chi connectivity index (χ1n) is 13.7. The molecule has 234 valence electrons. The lowest BCUT2D eigenvalue weighted by molar-refractivity contribution is -0.143. The van der Waals surface area contributed by atoms with E-state index >= 15 is 0 Å². The van der Waals surface area contributed by atoms with Gasteiger partial charge in [-0.2, -0.15) is 18.3 Å². The Morgan fingerprint density at radius 2 is 1.82 bits per heavy atom. The molecule has 1 aliphatic heterocycles. The molecule has 1 aliphatic rings. The van der Waals surface area contributed by atoms with Gasteiger partial charge in [0.1, 0.15) is 17.1 Å². The lowest BCUT2D eigenvalue weighted by atomic mass is 10.0. The van der Waals surface area contributed by atoms with Crippen molar-refractivity contribution in [2.24, 2.45) is 0 Å². The van der Waals surface area contributed by atoms with Crippen molar-refractivity contribution in [1.82, 2.24) is 24.4 Å². The highest BCUT2D eigenvalue weighted by Gasteiger charge is 2.40. The summed E-state index contributed by atoms with van der Waals surface area (Å²) in [7, 11) is 2.71. The molecule has 14 heteroatoms. The minimum Gasteiger partial charge on any atom is -0.497 e. The minimum absolute atomic E-state index is 0.0435. The molecule has 4 aromatic rings. The van der Waals surface area contributed by atoms with E-state index < -0.39 is 48.1 Å². The second-order valence-corrected chi connectivity index (χ2v) is 10.5. The average Bonchev–Trinajstić information content (AvgIpc) is 3.39. The van der Waals surface area contributed by atoms with Gasteiger partial charge < -0.3 is 19.5 Å². The highest BCUT2D eigenvalue weighted by Crippen LogP contribution is 2.38. The van der Waals surface area contributed by atoms with E-state index in [1.807, 2.05) is 0 Å². The van der Waals surface area contributed by atoms with Gasteiger partial charge >= 0.3 is 6.18 Å². The Morgan fingerprint density at radius 3 is 2.41 bits per heavy atom. The SMILES string of the molecule is COc1ccc(-c2nc3c(C(=O)N4CCN([C@@H](CO)c5cc(F)cc(F)c5OC)C[C@H]4C)cnn3c(C(F)(F)F)c2C)cc1. The predicted octanol–water partition coefficient (Wildman–Crippen LogP) is 4.90. The Balaban J connectivity index is 1.48. The summed E-state index contributed by atoms with van der Waals surface area (Å²) in [6, 6.07) is 6.82. The number of carbonyl (C=O) groups is 1. The van der Waals surface area contributed by atoms with Crippen LogP contribution in [0.25, 0.3) is 16.9 Å². The van der Waals surface area contributed by atoms with Gasteiger partial charge in [0.25, 0.3) is 5.91 Å². The van der Waals surface area contributed by atoms with Crippen LogP contribution in [0.4, 0.5) is 22.0 Å². The zero-order valence-corrected chi connectivity index (χ0v) is 24.3. The van der Waals surface area contributed by atoms with Gasteiger partial charge in [0.15, 0.2) is 22.9 Å². The highest BCUT2D eigenvalue weighted by molar-refractivity contribution is 6.00. The molecule has 5 rings (SSSR count). The van der Waals surface area contributed by atoms with Gasteiger partial charge in [0, 0.05) is 48.4 Å². The molecule has 0 saturated carbocycles. The smallest absolute Gasteiger partial charge is 0.433 e. The molecule has 0 spiro atoms. The second-order valence-electron chi connectivity index (χ2n) is 10.5. The molecular formula is C30H30F5N5O4. The normalized spacial score (nSPS) is 16.8. The van der Waals surface area contributed by atoms with Crippen LogP contribution in [0.5, 0.6) is 11.5 Å². The maximum absolute atomic E-state index is 14.4. The fourth-order valence-corrected chi connectivity index (χ4v) is 5.77. The van der Waals surface area contributed by atoms with E-state index in [0.717, 1.165) is 12.3 Å². The Kier molecular flexibility index (Phi) is 8.49. The largest absolute Gasteiger partial charge is 0.497 e. The van der Waals surface area contributed by atoms with E-state index in [2.05, 4.69) is 10.1 Å². The molecule has 2 aromatic heterocycles. The summed E-state index contributed by atoms with van der Waals surface area (Å²) in [6.45, 7) is 3.04. The maximum atomic E-state index is 14.4. The zero-order chi connectivity index (χ0) is 31.9. The van der Waals surface area contributed by atoms with E-state index in [4.69, 9.17) is 9.47 Å². The standard InChI is InChI=1S/C30H30F5N5O4/c1-16-14-38(24(15-41)21-11-19(31)12-23(32)26(21)44-4)9-10-39(16)29(42)22-13-36-40-27(30(33,34)35)17(2)25(37-28(22)40)18-5-7-20(43-3)8-6-18/h5-8,11-13,16,24,41H,9-10,14-15H2,1-4H3/t16-,24+/m1/s1. The maximum Gasteiger partial charge on any atom is 0.433 e. The van der Waals surface area contributed by atoms with Crippen molar-refractivity contribution in [3.05, 3.63) is 76.6 Å². The summed E-state index contributed by atoms with van der Waals surface area (Å²) < 4.78 is 82.4. The van der Waals surface area contributed by atoms with E-state index in [0.29, 0.717) is 21.9 Å². The molecule has 0 aliphatic carbocycles. The number of amides is 1. The molecule has 2 aromatic carbocycles. The topological polar surface area (TPSA) is 92.4 Å². The first-order valence-corrected chi connectivity index (χ1v) is 13.7. The van der Waals surface area contributed by atoms with Gasteiger partial charge in [0.05, 0.1) is 38.8 Å². The molecular weight excluding hydrogens is 589 g/mol. The lowest BCUT2D eigenvalue weighted by Crippen LogP contribution is -2.55. The van der Waals surface area contributed by atoms with Crippen LogP contribution in [-0.2, 0) is 6.18 Å². The van der Waals surface area contributed by atoms with Gasteiger partial charge in [-0.15, -0.1) is 0 Å². The molecule has 3 heterocycles. The van der Waals surface area contributed by atoms with Crippen LogP contribution in [0.15, 0.2) is 42.6 Å². The molecule has 0 radical (unpaired) electrons. The number of benzene rings is 2.